The summed E-state index contributed by atoms with van der Waals surface area (Å²) in [4.78, 5) is 26.2. The first kappa shape index (κ1) is 84.2. The second-order valence-electron chi connectivity index (χ2n) is 18.1. The number of aromatic nitrogens is 4. The number of hydrogen-bond donors (Lipinski definition) is 2. The van der Waals surface area contributed by atoms with E-state index in [4.69, 9.17) is 10.2 Å². The molecule has 0 aliphatic heterocycles. The van der Waals surface area contributed by atoms with E-state index in [2.05, 4.69) is 68.5 Å². The first-order chi connectivity index (χ1) is 43.0. The molecular weight excluding hydrogens is 2110 g/mol. The molecule has 5 radical (unpaired) electrons. The molecule has 0 spiro atoms. The summed E-state index contributed by atoms with van der Waals surface area (Å²) in [5, 5.41) is 17.3. The van der Waals surface area contributed by atoms with Crippen LogP contribution >= 0.6 is 0 Å². The number of hydrogen-bond acceptors (Lipinski definition) is 7. The van der Waals surface area contributed by atoms with Crippen LogP contribution in [0.15, 0.2) is 249 Å². The molecular formula is C74H50F8Ir5N4O3-8. The smallest absolute Gasteiger partial charge is 0.155 e. The Bertz CT molecular complexity index is 3790. The number of aliphatic hydroxyl groups is 2. The van der Waals surface area contributed by atoms with E-state index in [1.807, 2.05) is 66.7 Å². The van der Waals surface area contributed by atoms with Crippen molar-refractivity contribution in [3.8, 4) is 67.3 Å². The Kier molecular flexibility index (Phi) is 41.5. The standard InChI is InChI=1S/C12H9FNO.2C12H7F.2C11H6F2N.C11H7FN.C5H8O2.5Ir/c13-11-3-1-10(2-4-11)12-7-9(8-15)5-6-14-12;2*13-12-8-6-11(7-9-12)10-4-2-1-3-5-10;2*12-8-4-5-9(10(13)7-8)11-3-1-2-6-14-11;12-10-6-4-9(5-7-10)11-3-1-2-8-13-11;1-4(6)3-5(2)7;;;;;/h1,3-7,15H,8H2;2*1-4,6,8-9H;2*1-4,6-7H;1-4,6-8H;3,6H,1-2H3;;;;;/q-1;2*-2;3*-1;;;;;;. The van der Waals surface area contributed by atoms with E-state index in [-0.39, 0.29) is 153 Å². The Hall–Kier alpha value is -7.78. The van der Waals surface area contributed by atoms with Gasteiger partial charge >= 0.3 is 0 Å². The number of halogens is 8. The normalized spacial score (nSPS) is 9.63. The molecule has 0 aliphatic rings. The molecule has 0 saturated heterocycles. The zero-order valence-electron chi connectivity index (χ0n) is 49.1. The van der Waals surface area contributed by atoms with Crippen molar-refractivity contribution in [1.82, 2.24) is 19.9 Å². The largest absolute Gasteiger partial charge is 0.512 e. The van der Waals surface area contributed by atoms with Crippen LogP contribution < -0.4 is 0 Å². The molecule has 2 N–H and O–H groups in total. The van der Waals surface area contributed by atoms with Crippen LogP contribution in [0.1, 0.15) is 19.4 Å². The molecule has 12 rings (SSSR count). The van der Waals surface area contributed by atoms with Crippen molar-refractivity contribution in [3.63, 3.8) is 0 Å². The van der Waals surface area contributed by atoms with Gasteiger partial charge in [0.15, 0.2) is 5.78 Å². The molecule has 7 nitrogen and oxygen atoms in total. The maximum atomic E-state index is 13.2. The summed E-state index contributed by atoms with van der Waals surface area (Å²) in [5.74, 6) is -3.76. The third-order valence-corrected chi connectivity index (χ3v) is 11.3. The van der Waals surface area contributed by atoms with Crippen molar-refractivity contribution < 1.29 is 151 Å². The summed E-state index contributed by atoms with van der Waals surface area (Å²) in [6.45, 7) is 2.82. The van der Waals surface area contributed by atoms with Gasteiger partial charge in [-0.2, -0.15) is 72.8 Å². The maximum Gasteiger partial charge on any atom is 0.155 e. The molecule has 0 amide bonds. The van der Waals surface area contributed by atoms with Crippen LogP contribution in [0.4, 0.5) is 35.1 Å². The number of nitrogens with zero attached hydrogens (tertiary/aromatic N) is 4. The van der Waals surface area contributed by atoms with Gasteiger partial charge in [0.05, 0.1) is 12.4 Å². The zero-order chi connectivity index (χ0) is 63.8. The van der Waals surface area contributed by atoms with E-state index in [9.17, 15) is 39.9 Å². The number of benzene rings is 8. The van der Waals surface area contributed by atoms with Crippen molar-refractivity contribution in [1.29, 1.82) is 0 Å². The Balaban J connectivity index is 0.000000548. The quantitative estimate of drug-likeness (QED) is 0.0675. The average molecular weight is 2160 g/mol. The van der Waals surface area contributed by atoms with E-state index in [0.29, 0.717) is 22.6 Å². The molecule has 94 heavy (non-hydrogen) atoms. The van der Waals surface area contributed by atoms with Crippen molar-refractivity contribution in [2.75, 3.05) is 0 Å². The van der Waals surface area contributed by atoms with E-state index < -0.39 is 23.3 Å². The molecule has 8 aromatic carbocycles. The third kappa shape index (κ3) is 30.5. The second kappa shape index (κ2) is 46.3. The van der Waals surface area contributed by atoms with Gasteiger partial charge in [-0.15, -0.1) is 120 Å². The minimum absolute atomic E-state index is 0. The van der Waals surface area contributed by atoms with Crippen molar-refractivity contribution >= 4 is 5.78 Å². The van der Waals surface area contributed by atoms with Gasteiger partial charge in [0.2, 0.25) is 0 Å². The first-order valence-corrected chi connectivity index (χ1v) is 26.6. The Labute approximate surface area is 608 Å². The fourth-order valence-electron chi connectivity index (χ4n) is 7.24. The van der Waals surface area contributed by atoms with Crippen LogP contribution in [-0.2, 0) is 112 Å². The Morgan fingerprint density at radius 3 is 1.01 bits per heavy atom. The summed E-state index contributed by atoms with van der Waals surface area (Å²) in [5.41, 5.74) is 8.65. The van der Waals surface area contributed by atoms with E-state index in [0.717, 1.165) is 63.3 Å². The van der Waals surface area contributed by atoms with Gasteiger partial charge in [-0.3, -0.25) is 39.9 Å². The van der Waals surface area contributed by atoms with E-state index >= 15 is 0 Å². The average Bonchev–Trinajstić information content (AvgIpc) is 0.975. The van der Waals surface area contributed by atoms with Crippen LogP contribution in [0.2, 0.25) is 0 Å². The Morgan fingerprint density at radius 2 is 0.713 bits per heavy atom. The monoisotopic (exact) mass is 2160 g/mol. The Morgan fingerprint density at radius 1 is 0.372 bits per heavy atom. The zero-order valence-corrected chi connectivity index (χ0v) is 61.1. The second-order valence-corrected chi connectivity index (χ2v) is 18.1. The number of carbonyl (C=O) groups is 1. The van der Waals surface area contributed by atoms with E-state index in [1.165, 1.54) is 68.5 Å². The fourth-order valence-corrected chi connectivity index (χ4v) is 7.24. The van der Waals surface area contributed by atoms with Crippen LogP contribution in [0.3, 0.4) is 0 Å². The van der Waals surface area contributed by atoms with Crippen LogP contribution in [0.25, 0.3) is 67.3 Å². The van der Waals surface area contributed by atoms with Gasteiger partial charge in [0.25, 0.3) is 0 Å². The van der Waals surface area contributed by atoms with Crippen LogP contribution in [0.5, 0.6) is 0 Å². The summed E-state index contributed by atoms with van der Waals surface area (Å²) >= 11 is 0. The number of rotatable bonds is 8. The predicted octanol–water partition coefficient (Wildman–Crippen LogP) is 17.7. The molecule has 0 aliphatic carbocycles. The predicted molar refractivity (Wildman–Crippen MR) is 326 cm³/mol. The van der Waals surface area contributed by atoms with Gasteiger partial charge in [-0.25, -0.2) is 22.3 Å². The van der Waals surface area contributed by atoms with Crippen molar-refractivity contribution in [2.45, 2.75) is 20.5 Å². The van der Waals surface area contributed by atoms with Crippen LogP contribution in [-0.4, -0.2) is 35.9 Å². The molecule has 4 aromatic heterocycles. The van der Waals surface area contributed by atoms with Gasteiger partial charge in [0, 0.05) is 178 Å². The molecule has 20 heteroatoms. The maximum absolute atomic E-state index is 13.2. The molecule has 4 heterocycles. The first-order valence-electron chi connectivity index (χ1n) is 26.6. The topological polar surface area (TPSA) is 109 Å². The molecule has 12 aromatic rings. The summed E-state index contributed by atoms with van der Waals surface area (Å²) in [6.07, 6.45) is 7.57. The van der Waals surface area contributed by atoms with Gasteiger partial charge in [0.1, 0.15) is 0 Å². The summed E-state index contributed by atoms with van der Waals surface area (Å²) in [7, 11) is 0. The van der Waals surface area contributed by atoms with E-state index in [1.54, 1.807) is 97.6 Å². The molecule has 0 bridgehead atoms. The number of allylic oxidation sites excluding steroid dienone is 2. The minimum atomic E-state index is -0.649. The molecule has 493 valence electrons. The summed E-state index contributed by atoms with van der Waals surface area (Å²) < 4.78 is 102. The molecule has 0 atom stereocenters. The van der Waals surface area contributed by atoms with Gasteiger partial charge in [-0.05, 0) is 66.5 Å². The number of aliphatic hydroxyl groups excluding tert-OH is 2. The molecule has 0 fully saturated rings. The van der Waals surface area contributed by atoms with Gasteiger partial charge < -0.3 is 30.1 Å². The number of pyridine rings is 4. The molecule has 0 unspecified atom stereocenters. The van der Waals surface area contributed by atoms with Gasteiger partial charge in [-0.1, -0.05) is 65.7 Å². The summed E-state index contributed by atoms with van der Waals surface area (Å²) in [6, 6.07) is 78.2. The number of ketones is 1. The number of carbonyl (C=O) groups excluding carboxylic acids is 1. The van der Waals surface area contributed by atoms with Crippen LogP contribution in [0, 0.1) is 95.1 Å². The third-order valence-electron chi connectivity index (χ3n) is 11.3. The van der Waals surface area contributed by atoms with Crippen molar-refractivity contribution in [2.24, 2.45) is 0 Å². The SMILES string of the molecule is CC(=O)C=C(C)O.Fc1c[c-]c(-c2[c-]cccc2)cc1.Fc1c[c-]c(-c2[c-]cccc2)cc1.Fc1c[c-]c(-c2ccccn2)c(F)c1.Fc1c[c-]c(-c2ccccn2)c(F)c1.Fc1c[c-]c(-c2ccccn2)cc1.OCc1ccnc(-c2[c-]cc(F)cc2)c1.[Ir].[Ir].[Ir].[Ir].[Ir]. The van der Waals surface area contributed by atoms with Crippen molar-refractivity contribution in [3.05, 3.63) is 350 Å². The fraction of sp³-hybridized carbons (Fsp3) is 0.0405. The molecule has 0 saturated carbocycles. The minimum Gasteiger partial charge on any atom is -0.512 e.